The quantitative estimate of drug-likeness (QED) is 0.318. The summed E-state index contributed by atoms with van der Waals surface area (Å²) in [6.07, 6.45) is 1.48. The van der Waals surface area contributed by atoms with Crippen molar-refractivity contribution in [2.24, 2.45) is 5.41 Å². The van der Waals surface area contributed by atoms with E-state index in [9.17, 15) is 9.90 Å². The van der Waals surface area contributed by atoms with Gasteiger partial charge in [0.1, 0.15) is 6.10 Å². The third-order valence-electron chi connectivity index (χ3n) is 1.91. The van der Waals surface area contributed by atoms with Gasteiger partial charge in [-0.25, -0.2) is 4.79 Å². The number of ether oxygens (including phenoxy) is 1. The fourth-order valence-electron chi connectivity index (χ4n) is 0.857. The van der Waals surface area contributed by atoms with Crippen molar-refractivity contribution in [1.82, 2.24) is 0 Å². The summed E-state index contributed by atoms with van der Waals surface area (Å²) in [5, 5.41) is 9.62. The molecule has 0 saturated carbocycles. The summed E-state index contributed by atoms with van der Waals surface area (Å²) < 4.78 is 4.33. The van der Waals surface area contributed by atoms with E-state index in [1.165, 1.54) is 7.11 Å². The summed E-state index contributed by atoms with van der Waals surface area (Å²) in [6, 6.07) is 0. The van der Waals surface area contributed by atoms with Gasteiger partial charge >= 0.3 is 5.97 Å². The Bertz CT molecular complexity index is 268. The molecule has 0 radical (unpaired) electrons. The lowest BCUT2D eigenvalue weighted by Crippen LogP contribution is -2.27. The molecule has 3 heteroatoms. The van der Waals surface area contributed by atoms with Crippen molar-refractivity contribution in [3.63, 3.8) is 0 Å². The molecule has 0 heterocycles. The smallest absolute Gasteiger partial charge is 0.384 e. The maximum absolute atomic E-state index is 10.7. The highest BCUT2D eigenvalue weighted by molar-refractivity contribution is 5.88. The van der Waals surface area contributed by atoms with Crippen LogP contribution in [0.3, 0.4) is 0 Å². The van der Waals surface area contributed by atoms with Crippen LogP contribution in [0.25, 0.3) is 0 Å². The first-order valence-electron chi connectivity index (χ1n) is 4.32. The second kappa shape index (κ2) is 5.46. The summed E-state index contributed by atoms with van der Waals surface area (Å²) in [4.78, 5) is 10.7. The average Bonchev–Trinajstić information content (AvgIpc) is 2.13. The summed E-state index contributed by atoms with van der Waals surface area (Å²) in [5.74, 6) is 4.00. The standard InChI is InChI=1S/C11H16O3/c1-5-8-11(2,3)9(12)6-7-10(13)14-4/h5,9,12H,1,8H2,2-4H3/t9-/m1/s1. The fraction of sp³-hybridized carbons (Fsp3) is 0.545. The Kier molecular flexibility index (Phi) is 4.96. The monoisotopic (exact) mass is 196 g/mol. The van der Waals surface area contributed by atoms with Gasteiger partial charge in [0.25, 0.3) is 0 Å². The van der Waals surface area contributed by atoms with Gasteiger partial charge in [0.15, 0.2) is 0 Å². The fourth-order valence-corrected chi connectivity index (χ4v) is 0.857. The van der Waals surface area contributed by atoms with E-state index in [0.717, 1.165) is 0 Å². The Hall–Kier alpha value is -1.27. The molecular formula is C11H16O3. The molecule has 78 valence electrons. The van der Waals surface area contributed by atoms with Gasteiger partial charge in [0.2, 0.25) is 0 Å². The minimum atomic E-state index is -0.861. The van der Waals surface area contributed by atoms with Gasteiger partial charge in [-0.3, -0.25) is 0 Å². The van der Waals surface area contributed by atoms with Crippen molar-refractivity contribution in [2.75, 3.05) is 7.11 Å². The molecule has 0 unspecified atom stereocenters. The van der Waals surface area contributed by atoms with E-state index >= 15 is 0 Å². The third kappa shape index (κ3) is 4.11. The number of hydrogen-bond acceptors (Lipinski definition) is 3. The summed E-state index contributed by atoms with van der Waals surface area (Å²) in [7, 11) is 1.25. The second-order valence-corrected chi connectivity index (χ2v) is 3.64. The Morgan fingerprint density at radius 3 is 2.71 bits per heavy atom. The first-order valence-corrected chi connectivity index (χ1v) is 4.32. The minimum Gasteiger partial charge on any atom is -0.459 e. The lowest BCUT2D eigenvalue weighted by Gasteiger charge is -2.25. The molecule has 1 N–H and O–H groups in total. The number of methoxy groups -OCH3 is 1. The molecule has 0 fully saturated rings. The molecule has 0 amide bonds. The number of rotatable bonds is 3. The number of hydrogen-bond donors (Lipinski definition) is 1. The molecule has 0 aliphatic heterocycles. The highest BCUT2D eigenvalue weighted by atomic mass is 16.5. The van der Waals surface area contributed by atoms with Gasteiger partial charge in [0.05, 0.1) is 7.11 Å². The van der Waals surface area contributed by atoms with Crippen LogP contribution in [0.5, 0.6) is 0 Å². The largest absolute Gasteiger partial charge is 0.459 e. The Morgan fingerprint density at radius 1 is 1.71 bits per heavy atom. The molecule has 0 saturated heterocycles. The average molecular weight is 196 g/mol. The predicted molar refractivity (Wildman–Crippen MR) is 54.4 cm³/mol. The van der Waals surface area contributed by atoms with Crippen LogP contribution in [-0.4, -0.2) is 24.3 Å². The maximum atomic E-state index is 10.7. The van der Waals surface area contributed by atoms with Crippen molar-refractivity contribution < 1.29 is 14.6 Å². The Morgan fingerprint density at radius 2 is 2.29 bits per heavy atom. The minimum absolute atomic E-state index is 0.400. The van der Waals surface area contributed by atoms with E-state index in [2.05, 4.69) is 23.2 Å². The number of aliphatic hydroxyl groups excluding tert-OH is 1. The molecule has 0 aromatic rings. The van der Waals surface area contributed by atoms with Gasteiger partial charge in [-0.1, -0.05) is 25.8 Å². The molecule has 3 nitrogen and oxygen atoms in total. The number of carbonyl (C=O) groups is 1. The predicted octanol–water partition coefficient (Wildman–Crippen LogP) is 1.13. The van der Waals surface area contributed by atoms with Crippen molar-refractivity contribution in [3.05, 3.63) is 12.7 Å². The molecule has 0 aliphatic rings. The van der Waals surface area contributed by atoms with E-state index in [0.29, 0.717) is 6.42 Å². The zero-order valence-electron chi connectivity index (χ0n) is 8.83. The number of carbonyl (C=O) groups excluding carboxylic acids is 1. The topological polar surface area (TPSA) is 46.5 Å². The van der Waals surface area contributed by atoms with Crippen molar-refractivity contribution in [1.29, 1.82) is 0 Å². The van der Waals surface area contributed by atoms with Gasteiger partial charge in [-0.15, -0.1) is 6.58 Å². The van der Waals surface area contributed by atoms with Crippen molar-refractivity contribution >= 4 is 5.97 Å². The third-order valence-corrected chi connectivity index (χ3v) is 1.91. The molecule has 0 aliphatic carbocycles. The molecule has 0 spiro atoms. The maximum Gasteiger partial charge on any atom is 0.384 e. The summed E-state index contributed by atoms with van der Waals surface area (Å²) in [6.45, 7) is 7.29. The van der Waals surface area contributed by atoms with Crippen LogP contribution < -0.4 is 0 Å². The van der Waals surface area contributed by atoms with Crippen LogP contribution in [0.4, 0.5) is 0 Å². The van der Waals surface area contributed by atoms with Crippen LogP contribution >= 0.6 is 0 Å². The summed E-state index contributed by atoms with van der Waals surface area (Å²) in [5.41, 5.74) is -0.400. The molecule has 0 aromatic carbocycles. The van der Waals surface area contributed by atoms with E-state index in [1.54, 1.807) is 6.08 Å². The van der Waals surface area contributed by atoms with Crippen LogP contribution in [0.1, 0.15) is 20.3 Å². The normalized spacial score (nSPS) is 12.3. The van der Waals surface area contributed by atoms with Crippen LogP contribution in [0, 0.1) is 17.3 Å². The van der Waals surface area contributed by atoms with Crippen LogP contribution in [0.2, 0.25) is 0 Å². The Balaban J connectivity index is 4.43. The lowest BCUT2D eigenvalue weighted by molar-refractivity contribution is -0.133. The van der Waals surface area contributed by atoms with Gasteiger partial charge < -0.3 is 9.84 Å². The van der Waals surface area contributed by atoms with Crippen molar-refractivity contribution in [3.8, 4) is 11.8 Å². The van der Waals surface area contributed by atoms with Crippen LogP contribution in [0.15, 0.2) is 12.7 Å². The van der Waals surface area contributed by atoms with Gasteiger partial charge in [0, 0.05) is 11.3 Å². The first kappa shape index (κ1) is 12.7. The molecule has 1 atom stereocenters. The number of allylic oxidation sites excluding steroid dienone is 1. The highest BCUT2D eigenvalue weighted by Crippen LogP contribution is 2.24. The molecule has 0 aromatic heterocycles. The number of aliphatic hydroxyl groups is 1. The van der Waals surface area contributed by atoms with E-state index in [-0.39, 0.29) is 0 Å². The molecule has 0 rings (SSSR count). The second-order valence-electron chi connectivity index (χ2n) is 3.64. The van der Waals surface area contributed by atoms with Gasteiger partial charge in [-0.05, 0) is 6.42 Å². The highest BCUT2D eigenvalue weighted by Gasteiger charge is 2.24. The Labute approximate surface area is 84.8 Å². The molecule has 14 heavy (non-hydrogen) atoms. The van der Waals surface area contributed by atoms with E-state index in [4.69, 9.17) is 0 Å². The van der Waals surface area contributed by atoms with E-state index < -0.39 is 17.5 Å². The first-order chi connectivity index (χ1) is 6.44. The SMILES string of the molecule is C=CCC(C)(C)[C@H](O)C#CC(=O)OC. The summed E-state index contributed by atoms with van der Waals surface area (Å²) >= 11 is 0. The zero-order valence-corrected chi connectivity index (χ0v) is 8.83. The van der Waals surface area contributed by atoms with Gasteiger partial charge in [-0.2, -0.15) is 0 Å². The number of esters is 1. The lowest BCUT2D eigenvalue weighted by atomic mass is 9.83. The zero-order chi connectivity index (χ0) is 11.2. The van der Waals surface area contributed by atoms with Crippen LogP contribution in [-0.2, 0) is 9.53 Å². The van der Waals surface area contributed by atoms with E-state index in [1.807, 2.05) is 13.8 Å². The van der Waals surface area contributed by atoms with Crippen molar-refractivity contribution in [2.45, 2.75) is 26.4 Å². The molecule has 0 bridgehead atoms. The molecular weight excluding hydrogens is 180 g/mol.